The lowest BCUT2D eigenvalue weighted by atomic mass is 10.1. The summed E-state index contributed by atoms with van der Waals surface area (Å²) in [5, 5.41) is 3.28. The van der Waals surface area contributed by atoms with Crippen molar-refractivity contribution < 1.29 is 4.79 Å². The number of carbonyl (C=O) groups is 1. The third-order valence-electron chi connectivity index (χ3n) is 5.69. The molecule has 5 aromatic rings. The highest BCUT2D eigenvalue weighted by atomic mass is 16.2. The van der Waals surface area contributed by atoms with Gasteiger partial charge in [0.1, 0.15) is 23.5 Å². The van der Waals surface area contributed by atoms with Gasteiger partial charge in [0, 0.05) is 18.0 Å². The quantitative estimate of drug-likeness (QED) is 0.334. The molecule has 0 aliphatic heterocycles. The van der Waals surface area contributed by atoms with Crippen LogP contribution >= 0.6 is 0 Å². The van der Waals surface area contributed by atoms with Gasteiger partial charge in [-0.1, -0.05) is 36.1 Å². The Morgan fingerprint density at radius 2 is 1.94 bits per heavy atom. The van der Waals surface area contributed by atoms with Gasteiger partial charge in [0.25, 0.3) is 11.5 Å². The smallest absolute Gasteiger partial charge is 0.267 e. The first-order chi connectivity index (χ1) is 17.5. The summed E-state index contributed by atoms with van der Waals surface area (Å²) < 4.78 is 3.09. The fourth-order valence-electron chi connectivity index (χ4n) is 4.07. The van der Waals surface area contributed by atoms with Crippen molar-refractivity contribution in [3.8, 4) is 17.5 Å². The maximum absolute atomic E-state index is 13.9. The van der Waals surface area contributed by atoms with Gasteiger partial charge in [-0.25, -0.2) is 15.0 Å². The van der Waals surface area contributed by atoms with E-state index in [1.165, 1.54) is 10.9 Å². The monoisotopic (exact) mass is 478 g/mol. The fourth-order valence-corrected chi connectivity index (χ4v) is 4.07. The predicted molar refractivity (Wildman–Crippen MR) is 137 cm³/mol. The van der Waals surface area contributed by atoms with E-state index in [1.807, 2.05) is 18.2 Å². The lowest BCUT2D eigenvalue weighted by Crippen LogP contribution is -2.34. The number of nitrogens with zero attached hydrogens (tertiary/aromatic N) is 5. The number of nitrogens with one attached hydrogen (secondary N) is 1. The Hall–Kier alpha value is -5.01. The summed E-state index contributed by atoms with van der Waals surface area (Å²) in [6, 6.07) is 13.7. The van der Waals surface area contributed by atoms with Gasteiger partial charge in [0.05, 0.1) is 29.2 Å². The van der Waals surface area contributed by atoms with Crippen LogP contribution in [-0.2, 0) is 0 Å². The van der Waals surface area contributed by atoms with Crippen LogP contribution in [0.15, 0.2) is 72.0 Å². The Morgan fingerprint density at radius 1 is 1.14 bits per heavy atom. The molecule has 1 unspecified atom stereocenters. The highest BCUT2D eigenvalue weighted by molar-refractivity contribution is 6.04. The van der Waals surface area contributed by atoms with Gasteiger partial charge >= 0.3 is 0 Å². The number of para-hydroxylation sites is 1. The van der Waals surface area contributed by atoms with E-state index in [4.69, 9.17) is 16.5 Å². The summed E-state index contributed by atoms with van der Waals surface area (Å²) in [6.45, 7) is 1.91. The molecule has 0 spiro atoms. The molecule has 0 aliphatic rings. The van der Waals surface area contributed by atoms with Gasteiger partial charge in [-0.15, -0.1) is 0 Å². The van der Waals surface area contributed by atoms with E-state index in [2.05, 4.69) is 27.1 Å². The van der Waals surface area contributed by atoms with E-state index in [-0.39, 0.29) is 23.5 Å². The predicted octanol–water partition coefficient (Wildman–Crippen LogP) is 1.81. The van der Waals surface area contributed by atoms with Crippen molar-refractivity contribution in [2.75, 3.05) is 12.3 Å². The lowest BCUT2D eigenvalue weighted by molar-refractivity contribution is 0.0939. The molecular weight excluding hydrogens is 456 g/mol. The number of fused-ring (bicyclic) bond motifs is 2. The van der Waals surface area contributed by atoms with Crippen molar-refractivity contribution in [1.29, 1.82) is 0 Å². The van der Waals surface area contributed by atoms with Crippen LogP contribution in [0, 0.1) is 11.8 Å². The molecule has 0 bridgehead atoms. The molecule has 2 aromatic carbocycles. The molecule has 10 heteroatoms. The minimum Gasteiger partial charge on any atom is -0.383 e. The van der Waals surface area contributed by atoms with Crippen molar-refractivity contribution in [1.82, 2.24) is 29.2 Å². The second-order valence-electron chi connectivity index (χ2n) is 8.01. The molecule has 0 radical (unpaired) electrons. The molecule has 0 saturated heterocycles. The van der Waals surface area contributed by atoms with Gasteiger partial charge in [-0.3, -0.25) is 18.6 Å². The minimum absolute atomic E-state index is 0.0495. The third-order valence-corrected chi connectivity index (χ3v) is 5.69. The number of aromatic nitrogens is 5. The number of carbonyl (C=O) groups excluding carboxylic acids is 1. The summed E-state index contributed by atoms with van der Waals surface area (Å²) in [5.74, 6) is 5.67. The van der Waals surface area contributed by atoms with Gasteiger partial charge in [0.2, 0.25) is 0 Å². The maximum atomic E-state index is 13.9. The number of nitrogens with two attached hydrogens (primary N) is 2. The minimum atomic E-state index is -0.678. The van der Waals surface area contributed by atoms with E-state index in [0.717, 1.165) is 0 Å². The molecular formula is C26H22N8O2. The summed E-state index contributed by atoms with van der Waals surface area (Å²) in [4.78, 5) is 40.2. The number of amides is 1. The standard InChI is InChI=1S/C26H22N8O2/c1-16(31-25(35)21-22(28)30-15-33-14-13-29-24(21)33)23-32-19-11-5-7-17(8-6-12-27)20(19)26(36)34(23)18-9-3-2-4-10-18/h2-5,7,9-11,13-16H,12,27-28H2,1H3,(H,31,35). The number of benzene rings is 2. The first-order valence-electron chi connectivity index (χ1n) is 11.2. The molecule has 5 rings (SSSR count). The van der Waals surface area contributed by atoms with Gasteiger partial charge in [0.15, 0.2) is 5.65 Å². The third kappa shape index (κ3) is 3.93. The summed E-state index contributed by atoms with van der Waals surface area (Å²) in [7, 11) is 0. The van der Waals surface area contributed by atoms with Crippen LogP contribution in [-0.4, -0.2) is 36.4 Å². The fraction of sp³-hybridized carbons (Fsp3) is 0.115. The molecule has 36 heavy (non-hydrogen) atoms. The van der Waals surface area contributed by atoms with Crippen LogP contribution < -0.4 is 22.3 Å². The molecule has 0 aliphatic carbocycles. The van der Waals surface area contributed by atoms with E-state index in [9.17, 15) is 9.59 Å². The first kappa shape index (κ1) is 22.8. The van der Waals surface area contributed by atoms with E-state index >= 15 is 0 Å². The topological polar surface area (TPSA) is 146 Å². The molecule has 3 aromatic heterocycles. The van der Waals surface area contributed by atoms with Crippen LogP contribution in [0.5, 0.6) is 0 Å². The van der Waals surface area contributed by atoms with Gasteiger partial charge in [-0.05, 0) is 31.2 Å². The van der Waals surface area contributed by atoms with Crippen molar-refractivity contribution in [2.45, 2.75) is 13.0 Å². The molecule has 0 saturated carbocycles. The number of anilines is 1. The highest BCUT2D eigenvalue weighted by Gasteiger charge is 2.24. The van der Waals surface area contributed by atoms with E-state index < -0.39 is 11.9 Å². The van der Waals surface area contributed by atoms with Crippen molar-refractivity contribution in [3.05, 3.63) is 94.6 Å². The van der Waals surface area contributed by atoms with Crippen LogP contribution in [0.4, 0.5) is 5.82 Å². The van der Waals surface area contributed by atoms with Gasteiger partial charge in [-0.2, -0.15) is 0 Å². The Balaban J connectivity index is 1.66. The number of hydrogen-bond acceptors (Lipinski definition) is 7. The number of hydrogen-bond donors (Lipinski definition) is 3. The van der Waals surface area contributed by atoms with Crippen LogP contribution in [0.25, 0.3) is 22.2 Å². The SMILES string of the molecule is CC(NC(=O)c1c(N)ncn2ccnc12)c1nc2cccc(C#CCN)c2c(=O)n1-c1ccccc1. The number of nitrogen functional groups attached to an aromatic ring is 1. The average molecular weight is 479 g/mol. The highest BCUT2D eigenvalue weighted by Crippen LogP contribution is 2.21. The van der Waals surface area contributed by atoms with Crippen molar-refractivity contribution >= 4 is 28.3 Å². The zero-order chi connectivity index (χ0) is 25.2. The molecule has 178 valence electrons. The number of imidazole rings is 1. The molecule has 5 N–H and O–H groups in total. The summed E-state index contributed by atoms with van der Waals surface area (Å²) >= 11 is 0. The number of rotatable bonds is 4. The van der Waals surface area contributed by atoms with Crippen LogP contribution in [0.1, 0.15) is 34.7 Å². The van der Waals surface area contributed by atoms with E-state index in [0.29, 0.717) is 33.6 Å². The van der Waals surface area contributed by atoms with Crippen molar-refractivity contribution in [2.24, 2.45) is 5.73 Å². The summed E-state index contributed by atoms with van der Waals surface area (Å²) in [5.41, 5.74) is 13.4. The Morgan fingerprint density at radius 3 is 2.72 bits per heavy atom. The second-order valence-corrected chi connectivity index (χ2v) is 8.01. The maximum Gasteiger partial charge on any atom is 0.267 e. The second kappa shape index (κ2) is 9.32. The molecule has 0 fully saturated rings. The largest absolute Gasteiger partial charge is 0.383 e. The molecule has 3 heterocycles. The Labute approximate surface area is 205 Å². The molecule has 1 amide bonds. The van der Waals surface area contributed by atoms with Crippen LogP contribution in [0.3, 0.4) is 0 Å². The van der Waals surface area contributed by atoms with Gasteiger partial charge < -0.3 is 16.8 Å². The van der Waals surface area contributed by atoms with Crippen molar-refractivity contribution in [3.63, 3.8) is 0 Å². The molecule has 10 nitrogen and oxygen atoms in total. The average Bonchev–Trinajstić information content (AvgIpc) is 3.36. The zero-order valence-electron chi connectivity index (χ0n) is 19.3. The normalized spacial score (nSPS) is 11.7. The Kier molecular flexibility index (Phi) is 5.90. The zero-order valence-corrected chi connectivity index (χ0v) is 19.3. The van der Waals surface area contributed by atoms with Crippen LogP contribution in [0.2, 0.25) is 0 Å². The first-order valence-corrected chi connectivity index (χ1v) is 11.2. The molecule has 1 atom stereocenters. The lowest BCUT2D eigenvalue weighted by Gasteiger charge is -2.20. The summed E-state index contributed by atoms with van der Waals surface area (Å²) in [6.07, 6.45) is 4.71. The Bertz CT molecular complexity index is 1730. The van der Waals surface area contributed by atoms with E-state index in [1.54, 1.807) is 54.0 Å².